The maximum Gasteiger partial charge on any atom is 0.347 e. The Labute approximate surface area is 118 Å². The van der Waals surface area contributed by atoms with Crippen LogP contribution in [0.5, 0.6) is 0 Å². The van der Waals surface area contributed by atoms with E-state index in [0.29, 0.717) is 0 Å². The third-order valence-electron chi connectivity index (χ3n) is 2.13. The van der Waals surface area contributed by atoms with Gasteiger partial charge in [-0.1, -0.05) is 0 Å². The summed E-state index contributed by atoms with van der Waals surface area (Å²) in [4.78, 5) is 33.7. The third kappa shape index (κ3) is 7.08. The maximum atomic E-state index is 11.7. The van der Waals surface area contributed by atoms with E-state index in [4.69, 9.17) is 14.6 Å². The number of carboxylic acid groups (broad SMARTS) is 1. The van der Waals surface area contributed by atoms with Gasteiger partial charge in [-0.2, -0.15) is 0 Å². The van der Waals surface area contributed by atoms with Crippen LogP contribution in [0.3, 0.4) is 0 Å². The molecular weight excluding hydrogens is 268 g/mol. The first kappa shape index (κ1) is 18.4. The molecule has 1 N–H and O–H groups in total. The SMILES string of the molecule is C[C@H](OC(C)(C)C)C(=O)O[C@H](C)C(=O)O[C@H](C)C(=O)O. The molecule has 0 aromatic heterocycles. The Balaban J connectivity index is 4.38. The van der Waals surface area contributed by atoms with Gasteiger partial charge in [-0.3, -0.25) is 0 Å². The summed E-state index contributed by atoms with van der Waals surface area (Å²) in [6, 6.07) is 0. The zero-order chi connectivity index (χ0) is 16.1. The van der Waals surface area contributed by atoms with Crippen molar-refractivity contribution in [2.75, 3.05) is 0 Å². The molecule has 0 aromatic rings. The van der Waals surface area contributed by atoms with Gasteiger partial charge in [-0.25, -0.2) is 14.4 Å². The highest BCUT2D eigenvalue weighted by Crippen LogP contribution is 2.12. The molecule has 0 heterocycles. The zero-order valence-electron chi connectivity index (χ0n) is 12.6. The number of ether oxygens (including phenoxy) is 3. The lowest BCUT2D eigenvalue weighted by Gasteiger charge is -2.24. The van der Waals surface area contributed by atoms with Crippen LogP contribution in [0.15, 0.2) is 0 Å². The lowest BCUT2D eigenvalue weighted by atomic mass is 10.2. The largest absolute Gasteiger partial charge is 0.479 e. The summed E-state index contributed by atoms with van der Waals surface area (Å²) in [5, 5.41) is 8.61. The molecule has 116 valence electrons. The van der Waals surface area contributed by atoms with Crippen molar-refractivity contribution in [2.24, 2.45) is 0 Å². The van der Waals surface area contributed by atoms with Gasteiger partial charge < -0.3 is 19.3 Å². The van der Waals surface area contributed by atoms with Crippen LogP contribution in [-0.4, -0.2) is 46.9 Å². The van der Waals surface area contributed by atoms with Gasteiger partial charge in [-0.05, 0) is 41.5 Å². The van der Waals surface area contributed by atoms with E-state index in [0.717, 1.165) is 0 Å². The van der Waals surface area contributed by atoms with Crippen LogP contribution in [0.1, 0.15) is 41.5 Å². The first-order chi connectivity index (χ1) is 8.94. The molecule has 0 bridgehead atoms. The van der Waals surface area contributed by atoms with E-state index in [1.54, 1.807) is 20.8 Å². The van der Waals surface area contributed by atoms with Crippen LogP contribution in [0, 0.1) is 0 Å². The van der Waals surface area contributed by atoms with Gasteiger partial charge in [0.2, 0.25) is 0 Å². The smallest absolute Gasteiger partial charge is 0.347 e. The molecule has 0 fully saturated rings. The molecule has 3 atom stereocenters. The average Bonchev–Trinajstić information content (AvgIpc) is 2.25. The molecule has 7 heteroatoms. The van der Waals surface area contributed by atoms with Crippen LogP contribution in [0.2, 0.25) is 0 Å². The summed E-state index contributed by atoms with van der Waals surface area (Å²) in [5.74, 6) is -2.91. The molecule has 0 saturated carbocycles. The van der Waals surface area contributed by atoms with Crippen molar-refractivity contribution in [1.82, 2.24) is 0 Å². The fraction of sp³-hybridized carbons (Fsp3) is 0.769. The van der Waals surface area contributed by atoms with Crippen molar-refractivity contribution in [2.45, 2.75) is 65.5 Å². The minimum Gasteiger partial charge on any atom is -0.479 e. The Morgan fingerprint density at radius 1 is 0.850 bits per heavy atom. The van der Waals surface area contributed by atoms with E-state index in [1.165, 1.54) is 20.8 Å². The van der Waals surface area contributed by atoms with E-state index < -0.39 is 41.8 Å². The summed E-state index contributed by atoms with van der Waals surface area (Å²) < 4.78 is 14.8. The van der Waals surface area contributed by atoms with Gasteiger partial charge in [-0.15, -0.1) is 0 Å². The number of carbonyl (C=O) groups is 3. The fourth-order valence-corrected chi connectivity index (χ4v) is 1.22. The summed E-state index contributed by atoms with van der Waals surface area (Å²) in [6.45, 7) is 9.36. The van der Waals surface area contributed by atoms with Crippen LogP contribution in [-0.2, 0) is 28.6 Å². The molecule has 20 heavy (non-hydrogen) atoms. The third-order valence-corrected chi connectivity index (χ3v) is 2.13. The van der Waals surface area contributed by atoms with E-state index >= 15 is 0 Å². The predicted octanol–water partition coefficient (Wildman–Crippen LogP) is 1.14. The molecule has 0 radical (unpaired) electrons. The minimum absolute atomic E-state index is 0.528. The molecule has 0 saturated heterocycles. The highest BCUT2D eigenvalue weighted by atomic mass is 16.6. The second-order valence-electron chi connectivity index (χ2n) is 5.37. The van der Waals surface area contributed by atoms with E-state index in [1.807, 2.05) is 0 Å². The molecule has 0 aliphatic rings. The van der Waals surface area contributed by atoms with Gasteiger partial charge in [0.05, 0.1) is 5.60 Å². The summed E-state index contributed by atoms with van der Waals surface area (Å²) >= 11 is 0. The van der Waals surface area contributed by atoms with Crippen molar-refractivity contribution in [3.8, 4) is 0 Å². The van der Waals surface area contributed by atoms with Gasteiger partial charge in [0.25, 0.3) is 0 Å². The Morgan fingerprint density at radius 3 is 1.65 bits per heavy atom. The normalized spacial score (nSPS) is 15.9. The van der Waals surface area contributed by atoms with Crippen LogP contribution in [0.4, 0.5) is 0 Å². The minimum atomic E-state index is -1.30. The Hall–Kier alpha value is -1.63. The number of esters is 2. The highest BCUT2D eigenvalue weighted by molar-refractivity contribution is 5.83. The number of hydrogen-bond acceptors (Lipinski definition) is 6. The molecule has 0 aromatic carbocycles. The maximum absolute atomic E-state index is 11.7. The van der Waals surface area contributed by atoms with E-state index in [9.17, 15) is 14.4 Å². The topological polar surface area (TPSA) is 99.1 Å². The molecule has 0 rings (SSSR count). The lowest BCUT2D eigenvalue weighted by Crippen LogP contribution is -2.37. The summed E-state index contributed by atoms with van der Waals surface area (Å²) in [5.41, 5.74) is -0.528. The number of carboxylic acids is 1. The van der Waals surface area contributed by atoms with Gasteiger partial charge in [0.15, 0.2) is 18.3 Å². The van der Waals surface area contributed by atoms with Crippen molar-refractivity contribution in [3.63, 3.8) is 0 Å². The van der Waals surface area contributed by atoms with E-state index in [2.05, 4.69) is 4.74 Å². The molecule has 0 aliphatic heterocycles. The van der Waals surface area contributed by atoms with Gasteiger partial charge in [0.1, 0.15) is 0 Å². The van der Waals surface area contributed by atoms with Crippen molar-refractivity contribution in [3.05, 3.63) is 0 Å². The summed E-state index contributed by atoms with van der Waals surface area (Å²) in [7, 11) is 0. The van der Waals surface area contributed by atoms with Crippen molar-refractivity contribution < 1.29 is 33.7 Å². The van der Waals surface area contributed by atoms with Crippen LogP contribution >= 0.6 is 0 Å². The van der Waals surface area contributed by atoms with Gasteiger partial charge in [0, 0.05) is 0 Å². The number of aliphatic carboxylic acids is 1. The standard InChI is InChI=1S/C13H22O7/c1-7(10(14)15)18-11(16)8(2)19-12(17)9(3)20-13(4,5)6/h7-9H,1-6H3,(H,14,15)/t7-,8-,9+/m1/s1. The number of carbonyl (C=O) groups excluding carboxylic acids is 2. The Bertz CT molecular complexity index is 369. The molecule has 0 spiro atoms. The molecular formula is C13H22O7. The quantitative estimate of drug-likeness (QED) is 0.732. The first-order valence-electron chi connectivity index (χ1n) is 6.25. The Morgan fingerprint density at radius 2 is 1.25 bits per heavy atom. The Kier molecular flexibility index (Phi) is 6.64. The second kappa shape index (κ2) is 7.23. The summed E-state index contributed by atoms with van der Waals surface area (Å²) in [6.07, 6.45) is -3.34. The molecule has 7 nitrogen and oxygen atoms in total. The van der Waals surface area contributed by atoms with Crippen molar-refractivity contribution >= 4 is 17.9 Å². The average molecular weight is 290 g/mol. The first-order valence-corrected chi connectivity index (χ1v) is 6.25. The van der Waals surface area contributed by atoms with Crippen molar-refractivity contribution in [1.29, 1.82) is 0 Å². The molecule has 0 unspecified atom stereocenters. The number of rotatable bonds is 6. The van der Waals surface area contributed by atoms with Gasteiger partial charge >= 0.3 is 17.9 Å². The predicted molar refractivity (Wildman–Crippen MR) is 69.0 cm³/mol. The second-order valence-corrected chi connectivity index (χ2v) is 5.37. The molecule has 0 amide bonds. The molecule has 0 aliphatic carbocycles. The van der Waals surface area contributed by atoms with Crippen LogP contribution < -0.4 is 0 Å². The fourth-order valence-electron chi connectivity index (χ4n) is 1.22. The monoisotopic (exact) mass is 290 g/mol. The number of hydrogen-bond donors (Lipinski definition) is 1. The zero-order valence-corrected chi connectivity index (χ0v) is 12.6. The van der Waals surface area contributed by atoms with E-state index in [-0.39, 0.29) is 0 Å². The highest BCUT2D eigenvalue weighted by Gasteiger charge is 2.28. The lowest BCUT2D eigenvalue weighted by molar-refractivity contribution is -0.182. The van der Waals surface area contributed by atoms with Crippen LogP contribution in [0.25, 0.3) is 0 Å².